The molecule has 14 heteroatoms. The molecule has 1 saturated heterocycles. The third-order valence-electron chi connectivity index (χ3n) is 8.76. The Morgan fingerprint density at radius 3 is 2.10 bits per heavy atom. The van der Waals surface area contributed by atoms with Crippen LogP contribution in [0.4, 0.5) is 5.13 Å². The van der Waals surface area contributed by atoms with Gasteiger partial charge < -0.3 is 25.7 Å². The highest BCUT2D eigenvalue weighted by atomic mass is 32.2. The summed E-state index contributed by atoms with van der Waals surface area (Å²) in [5.41, 5.74) is 2.35. The van der Waals surface area contributed by atoms with Crippen molar-refractivity contribution < 1.29 is 29.4 Å². The van der Waals surface area contributed by atoms with E-state index in [9.17, 15) is 24.6 Å². The molecular formula is C38H32N6O6S2. The molecular weight excluding hydrogens is 701 g/mol. The number of pyridine rings is 1. The van der Waals surface area contributed by atoms with E-state index in [-0.39, 0.29) is 34.4 Å². The summed E-state index contributed by atoms with van der Waals surface area (Å²) in [7, 11) is 0. The number of rotatable bonds is 13. The van der Waals surface area contributed by atoms with Gasteiger partial charge in [0.05, 0.1) is 18.3 Å². The van der Waals surface area contributed by atoms with Crippen LogP contribution in [0.15, 0.2) is 137 Å². The number of nitrogens with zero attached hydrogens (tertiary/aromatic N) is 4. The van der Waals surface area contributed by atoms with Crippen molar-refractivity contribution in [3.05, 3.63) is 159 Å². The summed E-state index contributed by atoms with van der Waals surface area (Å²) in [6.45, 7) is -0.539. The van der Waals surface area contributed by atoms with Crippen molar-refractivity contribution in [3.8, 4) is 0 Å². The maximum absolute atomic E-state index is 14.0. The van der Waals surface area contributed by atoms with Crippen LogP contribution in [0, 0.1) is 0 Å². The number of anilines is 1. The van der Waals surface area contributed by atoms with Crippen LogP contribution < -0.4 is 10.6 Å². The summed E-state index contributed by atoms with van der Waals surface area (Å²) in [4.78, 5) is 55.2. The Morgan fingerprint density at radius 2 is 1.54 bits per heavy atom. The fraction of sp³-hybridized carbons (Fsp3) is 0.158. The highest BCUT2D eigenvalue weighted by molar-refractivity contribution is 8.03. The Bertz CT molecular complexity index is 2030. The number of thioether (sulfide) groups is 1. The zero-order chi connectivity index (χ0) is 36.1. The SMILES string of the molecule is O=C(O)C1=C(CO)SCC2C(NC(=O)C(=NOCc3ccccn3)c3csc(NC(c4ccccc4)(c4ccccc4)c4ccccc4)n3)C(=O)N12. The van der Waals surface area contributed by atoms with Crippen molar-refractivity contribution in [2.75, 3.05) is 17.7 Å². The molecule has 3 aromatic carbocycles. The van der Waals surface area contributed by atoms with Gasteiger partial charge in [-0.2, -0.15) is 0 Å². The molecule has 2 aliphatic rings. The van der Waals surface area contributed by atoms with E-state index in [0.717, 1.165) is 33.4 Å². The number of fused-ring (bicyclic) bond motifs is 1. The molecule has 5 aromatic rings. The second kappa shape index (κ2) is 15.2. The molecule has 1 fully saturated rings. The number of oxime groups is 1. The van der Waals surface area contributed by atoms with E-state index in [2.05, 4.69) is 20.8 Å². The molecule has 0 aliphatic carbocycles. The molecule has 2 aromatic heterocycles. The first kappa shape index (κ1) is 34.6. The molecule has 0 spiro atoms. The van der Waals surface area contributed by atoms with E-state index in [0.29, 0.717) is 10.8 Å². The van der Waals surface area contributed by atoms with Crippen LogP contribution in [0.2, 0.25) is 0 Å². The van der Waals surface area contributed by atoms with Crippen LogP contribution in [0.5, 0.6) is 0 Å². The number of β-lactam (4-membered cyclic amide) rings is 1. The summed E-state index contributed by atoms with van der Waals surface area (Å²) in [6.07, 6.45) is 1.62. The summed E-state index contributed by atoms with van der Waals surface area (Å²) in [6, 6.07) is 33.7. The lowest BCUT2D eigenvalue weighted by Crippen LogP contribution is -2.73. The van der Waals surface area contributed by atoms with E-state index in [1.807, 2.05) is 91.0 Å². The highest BCUT2D eigenvalue weighted by Crippen LogP contribution is 2.41. The van der Waals surface area contributed by atoms with E-state index >= 15 is 0 Å². The Balaban J connectivity index is 1.22. The van der Waals surface area contributed by atoms with Gasteiger partial charge in [0.25, 0.3) is 11.8 Å². The number of hydrogen-bond donors (Lipinski definition) is 4. The molecule has 0 radical (unpaired) electrons. The first-order valence-electron chi connectivity index (χ1n) is 16.2. The number of carbonyl (C=O) groups is 3. The molecule has 4 N–H and O–H groups in total. The third-order valence-corrected chi connectivity index (χ3v) is 10.7. The second-order valence-electron chi connectivity index (χ2n) is 11.8. The number of carboxylic acids is 1. The molecule has 52 heavy (non-hydrogen) atoms. The minimum Gasteiger partial charge on any atom is -0.477 e. The van der Waals surface area contributed by atoms with E-state index in [1.165, 1.54) is 11.3 Å². The van der Waals surface area contributed by atoms with Gasteiger partial charge in [0.1, 0.15) is 23.0 Å². The first-order chi connectivity index (χ1) is 25.4. The minimum atomic E-state index is -1.33. The monoisotopic (exact) mass is 732 g/mol. The Kier molecular flexibility index (Phi) is 10.1. The first-order valence-corrected chi connectivity index (χ1v) is 18.1. The maximum Gasteiger partial charge on any atom is 0.353 e. The minimum absolute atomic E-state index is 0.0297. The number of hydrogen-bond acceptors (Lipinski definition) is 11. The lowest BCUT2D eigenvalue weighted by molar-refractivity contribution is -0.153. The fourth-order valence-electron chi connectivity index (χ4n) is 6.32. The van der Waals surface area contributed by atoms with Crippen LogP contribution in [0.25, 0.3) is 0 Å². The molecule has 2 unspecified atom stereocenters. The lowest BCUT2D eigenvalue weighted by Gasteiger charge is -2.49. The van der Waals surface area contributed by atoms with E-state index in [1.54, 1.807) is 29.8 Å². The van der Waals surface area contributed by atoms with Crippen LogP contribution in [-0.4, -0.2) is 73.0 Å². The fourth-order valence-corrected chi connectivity index (χ4v) is 8.20. The maximum atomic E-state index is 14.0. The molecule has 262 valence electrons. The van der Waals surface area contributed by atoms with Crippen molar-refractivity contribution >= 4 is 51.7 Å². The van der Waals surface area contributed by atoms with Crippen molar-refractivity contribution in [1.29, 1.82) is 0 Å². The van der Waals surface area contributed by atoms with Gasteiger partial charge in [0.2, 0.25) is 0 Å². The third kappa shape index (κ3) is 6.66. The van der Waals surface area contributed by atoms with Gasteiger partial charge in [-0.3, -0.25) is 19.5 Å². The highest BCUT2D eigenvalue weighted by Gasteiger charge is 2.54. The number of amides is 2. The van der Waals surface area contributed by atoms with Crippen LogP contribution in [0.3, 0.4) is 0 Å². The van der Waals surface area contributed by atoms with Crippen molar-refractivity contribution in [3.63, 3.8) is 0 Å². The quantitative estimate of drug-likeness (QED) is 0.0582. The molecule has 7 rings (SSSR count). The van der Waals surface area contributed by atoms with Crippen molar-refractivity contribution in [1.82, 2.24) is 20.2 Å². The van der Waals surface area contributed by atoms with Gasteiger partial charge in [0, 0.05) is 22.2 Å². The van der Waals surface area contributed by atoms with Crippen LogP contribution in [-0.2, 0) is 31.4 Å². The molecule has 0 saturated carbocycles. The smallest absolute Gasteiger partial charge is 0.353 e. The Labute approximate surface area is 306 Å². The number of benzene rings is 3. The normalized spacial score (nSPS) is 17.2. The van der Waals surface area contributed by atoms with Gasteiger partial charge in [0.15, 0.2) is 17.5 Å². The molecule has 2 aliphatic heterocycles. The van der Waals surface area contributed by atoms with Crippen molar-refractivity contribution in [2.24, 2.45) is 5.16 Å². The summed E-state index contributed by atoms with van der Waals surface area (Å²) in [5, 5.41) is 32.2. The number of nitrogens with one attached hydrogen (secondary N) is 2. The molecule has 4 heterocycles. The van der Waals surface area contributed by atoms with Gasteiger partial charge in [-0.1, -0.05) is 102 Å². The molecule has 2 amide bonds. The second-order valence-corrected chi connectivity index (χ2v) is 13.8. The van der Waals surface area contributed by atoms with Crippen molar-refractivity contribution in [2.45, 2.75) is 24.2 Å². The molecule has 2 atom stereocenters. The number of carbonyl (C=O) groups excluding carboxylic acids is 2. The number of thiazole rings is 1. The number of aliphatic hydroxyl groups excluding tert-OH is 1. The summed E-state index contributed by atoms with van der Waals surface area (Å²) < 4.78 is 0. The zero-order valence-electron chi connectivity index (χ0n) is 27.5. The average Bonchev–Trinajstić information content (AvgIpc) is 3.66. The van der Waals surface area contributed by atoms with Gasteiger partial charge in [-0.25, -0.2) is 9.78 Å². The Hall–Kier alpha value is -5.83. The standard InChI is InChI=1S/C38H32N6O6S2/c45-20-30-33(36(48)49)44-29(23-51-30)32(35(44)47)41-34(46)31(43-50-21-27-18-10-11-19-39-27)28-22-52-37(40-28)42-38(24-12-4-1-5-13-24,25-14-6-2-7-15-25)26-16-8-3-9-17-26/h1-19,22,29,32,45H,20-21,23H2,(H,40,42)(H,41,46)(H,48,49). The Morgan fingerprint density at radius 1 is 0.923 bits per heavy atom. The van der Waals surface area contributed by atoms with Crippen LogP contribution >= 0.6 is 23.1 Å². The largest absolute Gasteiger partial charge is 0.477 e. The van der Waals surface area contributed by atoms with E-state index < -0.39 is 42.0 Å². The predicted octanol–water partition coefficient (Wildman–Crippen LogP) is 4.59. The summed E-state index contributed by atoms with van der Waals surface area (Å²) >= 11 is 2.41. The van der Waals surface area contributed by atoms with Gasteiger partial charge in [-0.05, 0) is 28.8 Å². The topological polar surface area (TPSA) is 166 Å². The average molecular weight is 733 g/mol. The van der Waals surface area contributed by atoms with Gasteiger partial charge in [-0.15, -0.1) is 23.1 Å². The van der Waals surface area contributed by atoms with E-state index in [4.69, 9.17) is 9.82 Å². The lowest BCUT2D eigenvalue weighted by atomic mass is 9.77. The zero-order valence-corrected chi connectivity index (χ0v) is 29.1. The number of carboxylic acid groups (broad SMARTS) is 1. The number of aliphatic carboxylic acids is 1. The van der Waals surface area contributed by atoms with Gasteiger partial charge >= 0.3 is 5.97 Å². The predicted molar refractivity (Wildman–Crippen MR) is 197 cm³/mol. The number of aliphatic hydroxyl groups is 1. The molecule has 0 bridgehead atoms. The molecule has 12 nitrogen and oxygen atoms in total. The number of aromatic nitrogens is 2. The summed E-state index contributed by atoms with van der Waals surface area (Å²) in [5.74, 6) is -2.37. The van der Waals surface area contributed by atoms with Crippen LogP contribution in [0.1, 0.15) is 28.1 Å².